The third-order valence-corrected chi connectivity index (χ3v) is 3.80. The molecular formula is C12H11NO2S2. The minimum Gasteiger partial charge on any atom is -0.302 e. The molecule has 1 heterocycles. The highest BCUT2D eigenvalue weighted by molar-refractivity contribution is 8.29. The van der Waals surface area contributed by atoms with Crippen LogP contribution in [0, 0.1) is 6.92 Å². The van der Waals surface area contributed by atoms with Gasteiger partial charge in [-0.05, 0) is 31.2 Å². The number of hydrogen-bond donors (Lipinski definition) is 1. The molecule has 17 heavy (non-hydrogen) atoms. The van der Waals surface area contributed by atoms with Crippen molar-refractivity contribution in [3.05, 3.63) is 48.2 Å². The molecule has 3 nitrogen and oxygen atoms in total. The average Bonchev–Trinajstić information content (AvgIpc) is 2.28. The Kier molecular flexibility index (Phi) is 3.24. The third-order valence-electron chi connectivity index (χ3n) is 2.35. The fraction of sp³-hybridized carbons (Fsp3) is 0.0833. The van der Waals surface area contributed by atoms with Crippen LogP contribution in [0.3, 0.4) is 0 Å². The number of benzene rings is 1. The standard InChI is InChI=1S/C12H11NO2S2/c1-9-5-6-12(17(14,15)16)10(8-9)11-4-2-3-7-13-11/h2-8H,1H3,(H,14,15,16). The Morgan fingerprint density at radius 2 is 2.06 bits per heavy atom. The Bertz CT molecular complexity index is 637. The summed E-state index contributed by atoms with van der Waals surface area (Å²) in [7, 11) is -3.41. The first-order valence-electron chi connectivity index (χ1n) is 4.98. The minimum absolute atomic E-state index is 0.247. The van der Waals surface area contributed by atoms with E-state index in [1.807, 2.05) is 19.1 Å². The number of pyridine rings is 1. The van der Waals surface area contributed by atoms with Crippen LogP contribution in [0.5, 0.6) is 0 Å². The smallest absolute Gasteiger partial charge is 0.171 e. The van der Waals surface area contributed by atoms with Crippen LogP contribution in [-0.4, -0.2) is 13.7 Å². The molecular weight excluding hydrogens is 254 g/mol. The molecule has 1 unspecified atom stereocenters. The SMILES string of the molecule is Cc1ccc(S(=O)(O)=S)c(-c2ccccn2)c1. The van der Waals surface area contributed by atoms with Gasteiger partial charge in [0.25, 0.3) is 0 Å². The summed E-state index contributed by atoms with van der Waals surface area (Å²) < 4.78 is 21.2. The van der Waals surface area contributed by atoms with Crippen molar-refractivity contribution in [3.8, 4) is 11.3 Å². The van der Waals surface area contributed by atoms with E-state index in [9.17, 15) is 8.76 Å². The molecule has 1 aromatic carbocycles. The molecule has 0 saturated carbocycles. The van der Waals surface area contributed by atoms with Gasteiger partial charge in [0.15, 0.2) is 8.77 Å². The maximum absolute atomic E-state index is 11.6. The van der Waals surface area contributed by atoms with Gasteiger partial charge in [-0.2, -0.15) is 0 Å². The van der Waals surface area contributed by atoms with E-state index in [1.165, 1.54) is 0 Å². The van der Waals surface area contributed by atoms with Crippen LogP contribution >= 0.6 is 0 Å². The van der Waals surface area contributed by atoms with Crippen molar-refractivity contribution >= 4 is 20.0 Å². The topological polar surface area (TPSA) is 50.2 Å². The molecule has 0 fully saturated rings. The zero-order chi connectivity index (χ0) is 12.5. The van der Waals surface area contributed by atoms with Gasteiger partial charge in [-0.1, -0.05) is 17.7 Å². The minimum atomic E-state index is -3.41. The lowest BCUT2D eigenvalue weighted by atomic mass is 10.1. The van der Waals surface area contributed by atoms with Gasteiger partial charge < -0.3 is 4.55 Å². The average molecular weight is 265 g/mol. The van der Waals surface area contributed by atoms with Crippen molar-refractivity contribution in [2.45, 2.75) is 11.8 Å². The highest BCUT2D eigenvalue weighted by Gasteiger charge is 2.14. The van der Waals surface area contributed by atoms with Gasteiger partial charge in [-0.3, -0.25) is 4.98 Å². The van der Waals surface area contributed by atoms with Gasteiger partial charge in [0.1, 0.15) is 0 Å². The zero-order valence-electron chi connectivity index (χ0n) is 9.16. The summed E-state index contributed by atoms with van der Waals surface area (Å²) in [5, 5.41) is 0. The molecule has 0 aliphatic heterocycles. The van der Waals surface area contributed by atoms with Gasteiger partial charge in [-0.15, -0.1) is 0 Å². The molecule has 0 spiro atoms. The largest absolute Gasteiger partial charge is 0.302 e. The highest BCUT2D eigenvalue weighted by Crippen LogP contribution is 2.26. The van der Waals surface area contributed by atoms with E-state index in [0.29, 0.717) is 11.3 Å². The van der Waals surface area contributed by atoms with Gasteiger partial charge in [0.2, 0.25) is 0 Å². The monoisotopic (exact) mass is 265 g/mol. The van der Waals surface area contributed by atoms with Gasteiger partial charge in [0.05, 0.1) is 10.6 Å². The summed E-state index contributed by atoms with van der Waals surface area (Å²) in [6.45, 7) is 1.92. The molecule has 1 aromatic heterocycles. The lowest BCUT2D eigenvalue weighted by Crippen LogP contribution is -2.00. The number of rotatable bonds is 2. The summed E-state index contributed by atoms with van der Waals surface area (Å²) in [5.74, 6) is 0. The number of aromatic nitrogens is 1. The van der Waals surface area contributed by atoms with Crippen molar-refractivity contribution in [2.75, 3.05) is 0 Å². The van der Waals surface area contributed by atoms with E-state index in [0.717, 1.165) is 5.56 Å². The van der Waals surface area contributed by atoms with E-state index < -0.39 is 8.77 Å². The summed E-state index contributed by atoms with van der Waals surface area (Å²) >= 11 is 4.64. The van der Waals surface area contributed by atoms with Gasteiger partial charge >= 0.3 is 0 Å². The van der Waals surface area contributed by atoms with Gasteiger partial charge in [0, 0.05) is 22.9 Å². The summed E-state index contributed by atoms with van der Waals surface area (Å²) in [6.07, 6.45) is 1.64. The second kappa shape index (κ2) is 4.52. The van der Waals surface area contributed by atoms with Crippen molar-refractivity contribution in [1.29, 1.82) is 0 Å². The molecule has 0 amide bonds. The second-order valence-corrected chi connectivity index (χ2v) is 6.44. The Hall–Kier alpha value is -1.30. The number of nitrogens with zero attached hydrogens (tertiary/aromatic N) is 1. The van der Waals surface area contributed by atoms with Crippen molar-refractivity contribution in [1.82, 2.24) is 4.98 Å². The van der Waals surface area contributed by atoms with Crippen LogP contribution in [0.15, 0.2) is 47.5 Å². The molecule has 88 valence electrons. The fourth-order valence-corrected chi connectivity index (χ4v) is 2.71. The van der Waals surface area contributed by atoms with E-state index in [1.54, 1.807) is 30.5 Å². The van der Waals surface area contributed by atoms with E-state index in [-0.39, 0.29) is 4.90 Å². The Morgan fingerprint density at radius 1 is 1.29 bits per heavy atom. The molecule has 0 aliphatic carbocycles. The third kappa shape index (κ3) is 2.69. The highest BCUT2D eigenvalue weighted by atomic mass is 32.8. The molecule has 1 N–H and O–H groups in total. The van der Waals surface area contributed by atoms with Crippen LogP contribution in [0.2, 0.25) is 0 Å². The molecule has 0 radical (unpaired) electrons. The molecule has 0 saturated heterocycles. The Morgan fingerprint density at radius 3 is 2.65 bits per heavy atom. The van der Waals surface area contributed by atoms with E-state index in [4.69, 9.17) is 0 Å². The summed E-state index contributed by atoms with van der Waals surface area (Å²) in [5.41, 5.74) is 2.26. The lowest BCUT2D eigenvalue weighted by Gasteiger charge is -2.09. The maximum Gasteiger partial charge on any atom is 0.171 e. The Balaban J connectivity index is 2.72. The predicted octanol–water partition coefficient (Wildman–Crippen LogP) is 2.64. The quantitative estimate of drug-likeness (QED) is 0.907. The van der Waals surface area contributed by atoms with E-state index in [2.05, 4.69) is 16.2 Å². The van der Waals surface area contributed by atoms with E-state index >= 15 is 0 Å². The first-order valence-corrected chi connectivity index (χ1v) is 7.42. The fourth-order valence-electron chi connectivity index (χ4n) is 1.59. The van der Waals surface area contributed by atoms with Gasteiger partial charge in [-0.25, -0.2) is 4.21 Å². The zero-order valence-corrected chi connectivity index (χ0v) is 10.8. The summed E-state index contributed by atoms with van der Waals surface area (Å²) in [6, 6.07) is 10.6. The van der Waals surface area contributed by atoms with Crippen LogP contribution in [-0.2, 0) is 20.0 Å². The normalized spacial score (nSPS) is 14.2. The maximum atomic E-state index is 11.6. The van der Waals surface area contributed by atoms with Crippen LogP contribution in [0.4, 0.5) is 0 Å². The van der Waals surface area contributed by atoms with Crippen LogP contribution in [0.25, 0.3) is 11.3 Å². The molecule has 0 aliphatic rings. The first-order chi connectivity index (χ1) is 7.98. The predicted molar refractivity (Wildman–Crippen MR) is 70.8 cm³/mol. The van der Waals surface area contributed by atoms with Crippen molar-refractivity contribution in [2.24, 2.45) is 0 Å². The summed E-state index contributed by atoms with van der Waals surface area (Å²) in [4.78, 5) is 4.43. The molecule has 5 heteroatoms. The lowest BCUT2D eigenvalue weighted by molar-refractivity contribution is 0.562. The molecule has 1 atom stereocenters. The molecule has 2 aromatic rings. The first kappa shape index (κ1) is 12.2. The molecule has 2 rings (SSSR count). The Labute approximate surface area is 105 Å². The number of hydrogen-bond acceptors (Lipinski definition) is 3. The second-order valence-electron chi connectivity index (χ2n) is 3.69. The van der Waals surface area contributed by atoms with Crippen molar-refractivity contribution < 1.29 is 8.76 Å². The molecule has 0 bridgehead atoms. The van der Waals surface area contributed by atoms with Crippen molar-refractivity contribution in [3.63, 3.8) is 0 Å². The van der Waals surface area contributed by atoms with Crippen LogP contribution in [0.1, 0.15) is 5.56 Å². The van der Waals surface area contributed by atoms with Crippen LogP contribution < -0.4 is 0 Å². The number of aryl methyl sites for hydroxylation is 1.